The van der Waals surface area contributed by atoms with Gasteiger partial charge in [-0.25, -0.2) is 9.64 Å². The molecule has 116 valence electrons. The van der Waals surface area contributed by atoms with E-state index in [2.05, 4.69) is 10.2 Å². The molecule has 0 fully saturated rings. The standard InChI is InChI=1S/C18H16N2O3/c1-19-16-9-7-14(8-10-16)11-17(12-21)20-18(22)23-13-15-5-3-2-4-6-15/h2-10,12,17H,11,13H2,(H,20,22)/t17-/m0/s1. The van der Waals surface area contributed by atoms with Gasteiger partial charge in [-0.05, 0) is 17.5 Å². The molecule has 0 aliphatic heterocycles. The molecule has 0 unspecified atom stereocenters. The highest BCUT2D eigenvalue weighted by Crippen LogP contribution is 2.13. The van der Waals surface area contributed by atoms with E-state index in [9.17, 15) is 9.59 Å². The molecule has 0 aliphatic rings. The molecular formula is C18H16N2O3. The van der Waals surface area contributed by atoms with Gasteiger partial charge in [0, 0.05) is 0 Å². The van der Waals surface area contributed by atoms with Crippen molar-refractivity contribution in [1.29, 1.82) is 0 Å². The summed E-state index contributed by atoms with van der Waals surface area (Å²) in [4.78, 5) is 26.2. The molecule has 0 aromatic heterocycles. The van der Waals surface area contributed by atoms with Crippen LogP contribution in [0, 0.1) is 6.57 Å². The Balaban J connectivity index is 1.84. The Kier molecular flexibility index (Phi) is 5.89. The summed E-state index contributed by atoms with van der Waals surface area (Å²) in [6.07, 6.45) is 0.387. The number of hydrogen-bond donors (Lipinski definition) is 1. The van der Waals surface area contributed by atoms with Crippen LogP contribution in [-0.4, -0.2) is 18.4 Å². The van der Waals surface area contributed by atoms with Crippen LogP contribution < -0.4 is 5.32 Å². The fraction of sp³-hybridized carbons (Fsp3) is 0.167. The Morgan fingerprint density at radius 2 is 1.83 bits per heavy atom. The van der Waals surface area contributed by atoms with E-state index in [1.54, 1.807) is 24.3 Å². The third-order valence-electron chi connectivity index (χ3n) is 3.20. The highest BCUT2D eigenvalue weighted by atomic mass is 16.5. The third kappa shape index (κ3) is 5.29. The first-order valence-corrected chi connectivity index (χ1v) is 7.10. The van der Waals surface area contributed by atoms with Crippen molar-refractivity contribution < 1.29 is 14.3 Å². The highest BCUT2D eigenvalue weighted by Gasteiger charge is 2.13. The molecule has 2 aromatic carbocycles. The summed E-state index contributed by atoms with van der Waals surface area (Å²) in [6.45, 7) is 7.05. The summed E-state index contributed by atoms with van der Waals surface area (Å²) in [5.41, 5.74) is 2.27. The summed E-state index contributed by atoms with van der Waals surface area (Å²) in [5.74, 6) is 0. The summed E-state index contributed by atoms with van der Waals surface area (Å²) in [5, 5.41) is 2.52. The van der Waals surface area contributed by atoms with Gasteiger partial charge in [0.2, 0.25) is 0 Å². The number of nitrogens with one attached hydrogen (secondary N) is 1. The van der Waals surface area contributed by atoms with Crippen LogP contribution in [0.4, 0.5) is 10.5 Å². The number of carbonyl (C=O) groups excluding carboxylic acids is 2. The van der Waals surface area contributed by atoms with Crippen LogP contribution in [0.1, 0.15) is 11.1 Å². The zero-order valence-corrected chi connectivity index (χ0v) is 12.4. The van der Waals surface area contributed by atoms with Gasteiger partial charge in [-0.2, -0.15) is 0 Å². The number of nitrogens with zero attached hydrogens (tertiary/aromatic N) is 1. The molecule has 2 aromatic rings. The number of carbonyl (C=O) groups is 2. The Bertz CT molecular complexity index is 690. The van der Waals surface area contributed by atoms with Crippen LogP contribution in [0.5, 0.6) is 0 Å². The monoisotopic (exact) mass is 308 g/mol. The molecule has 0 bridgehead atoms. The molecule has 0 saturated heterocycles. The van der Waals surface area contributed by atoms with Crippen molar-refractivity contribution in [3.05, 3.63) is 77.1 Å². The molecule has 0 spiro atoms. The minimum Gasteiger partial charge on any atom is -0.445 e. The fourth-order valence-corrected chi connectivity index (χ4v) is 2.01. The molecule has 2 rings (SSSR count). The van der Waals surface area contributed by atoms with Gasteiger partial charge in [0.05, 0.1) is 12.6 Å². The zero-order chi connectivity index (χ0) is 16.5. The molecule has 23 heavy (non-hydrogen) atoms. The quantitative estimate of drug-likeness (QED) is 0.658. The minimum absolute atomic E-state index is 0.151. The van der Waals surface area contributed by atoms with Crippen LogP contribution in [0.25, 0.3) is 4.85 Å². The number of alkyl carbamates (subject to hydrolysis) is 1. The lowest BCUT2D eigenvalue weighted by atomic mass is 10.1. The second-order valence-electron chi connectivity index (χ2n) is 4.93. The smallest absolute Gasteiger partial charge is 0.408 e. The maximum Gasteiger partial charge on any atom is 0.408 e. The summed E-state index contributed by atoms with van der Waals surface area (Å²) >= 11 is 0. The van der Waals surface area contributed by atoms with Gasteiger partial charge in [-0.3, -0.25) is 0 Å². The first kappa shape index (κ1) is 16.2. The SMILES string of the molecule is [C-]#[N+]c1ccc(C[C@@H](C=O)NC(=O)OCc2ccccc2)cc1. The van der Waals surface area contributed by atoms with Gasteiger partial charge in [-0.15, -0.1) is 0 Å². The predicted molar refractivity (Wildman–Crippen MR) is 86.0 cm³/mol. The largest absolute Gasteiger partial charge is 0.445 e. The van der Waals surface area contributed by atoms with Crippen molar-refractivity contribution in [2.24, 2.45) is 0 Å². The van der Waals surface area contributed by atoms with Crippen LogP contribution in [-0.2, 0) is 22.6 Å². The average molecular weight is 308 g/mol. The van der Waals surface area contributed by atoms with Crippen molar-refractivity contribution in [2.45, 2.75) is 19.1 Å². The van der Waals surface area contributed by atoms with E-state index in [0.29, 0.717) is 18.4 Å². The van der Waals surface area contributed by atoms with E-state index >= 15 is 0 Å². The van der Waals surface area contributed by atoms with Gasteiger partial charge in [-0.1, -0.05) is 54.6 Å². The van der Waals surface area contributed by atoms with Crippen LogP contribution in [0.15, 0.2) is 54.6 Å². The lowest BCUT2D eigenvalue weighted by molar-refractivity contribution is -0.109. The van der Waals surface area contributed by atoms with E-state index in [4.69, 9.17) is 11.3 Å². The third-order valence-corrected chi connectivity index (χ3v) is 3.20. The molecule has 0 radical (unpaired) electrons. The maximum absolute atomic E-state index is 11.7. The molecule has 0 heterocycles. The van der Waals surface area contributed by atoms with Crippen molar-refractivity contribution in [1.82, 2.24) is 5.32 Å². The van der Waals surface area contributed by atoms with E-state index in [0.717, 1.165) is 11.1 Å². The summed E-state index contributed by atoms with van der Waals surface area (Å²) < 4.78 is 5.09. The number of ether oxygens (including phenoxy) is 1. The van der Waals surface area contributed by atoms with Crippen LogP contribution >= 0.6 is 0 Å². The molecular weight excluding hydrogens is 292 g/mol. The average Bonchev–Trinajstić information content (AvgIpc) is 2.61. The number of amides is 1. The highest BCUT2D eigenvalue weighted by molar-refractivity contribution is 5.73. The van der Waals surface area contributed by atoms with E-state index in [1.807, 2.05) is 30.3 Å². The topological polar surface area (TPSA) is 59.8 Å². The second kappa shape index (κ2) is 8.35. The number of rotatable bonds is 6. The lowest BCUT2D eigenvalue weighted by Gasteiger charge is -2.13. The van der Waals surface area contributed by atoms with Gasteiger partial charge in [0.25, 0.3) is 0 Å². The predicted octanol–water partition coefficient (Wildman–Crippen LogP) is 3.27. The van der Waals surface area contributed by atoms with Crippen LogP contribution in [0.3, 0.4) is 0 Å². The van der Waals surface area contributed by atoms with Gasteiger partial charge >= 0.3 is 6.09 Å². The Labute approximate surface area is 134 Å². The first-order chi connectivity index (χ1) is 11.2. The number of benzene rings is 2. The molecule has 0 aliphatic carbocycles. The fourth-order valence-electron chi connectivity index (χ4n) is 2.01. The summed E-state index contributed by atoms with van der Waals surface area (Å²) in [7, 11) is 0. The second-order valence-corrected chi connectivity index (χ2v) is 4.93. The Morgan fingerprint density at radius 1 is 1.13 bits per heavy atom. The van der Waals surface area contributed by atoms with E-state index < -0.39 is 12.1 Å². The molecule has 1 atom stereocenters. The lowest BCUT2D eigenvalue weighted by Crippen LogP contribution is -2.37. The zero-order valence-electron chi connectivity index (χ0n) is 12.4. The van der Waals surface area contributed by atoms with Crippen molar-refractivity contribution in [2.75, 3.05) is 0 Å². The van der Waals surface area contributed by atoms with Crippen molar-refractivity contribution in [3.8, 4) is 0 Å². The number of hydrogen-bond acceptors (Lipinski definition) is 3. The van der Waals surface area contributed by atoms with Crippen LogP contribution in [0.2, 0.25) is 0 Å². The maximum atomic E-state index is 11.7. The molecule has 0 saturated carbocycles. The van der Waals surface area contributed by atoms with E-state index in [-0.39, 0.29) is 6.61 Å². The molecule has 1 amide bonds. The minimum atomic E-state index is -0.669. The van der Waals surface area contributed by atoms with E-state index in [1.165, 1.54) is 0 Å². The van der Waals surface area contributed by atoms with Crippen molar-refractivity contribution in [3.63, 3.8) is 0 Å². The van der Waals surface area contributed by atoms with Crippen molar-refractivity contribution >= 4 is 18.1 Å². The Hall–Kier alpha value is -3.13. The normalized spacial score (nSPS) is 11.1. The van der Waals surface area contributed by atoms with Gasteiger partial charge < -0.3 is 14.8 Å². The molecule has 5 nitrogen and oxygen atoms in total. The summed E-state index contributed by atoms with van der Waals surface area (Å²) in [6, 6.07) is 15.5. The van der Waals surface area contributed by atoms with Gasteiger partial charge in [0.1, 0.15) is 12.9 Å². The first-order valence-electron chi connectivity index (χ1n) is 7.10. The Morgan fingerprint density at radius 3 is 2.43 bits per heavy atom. The molecule has 1 N–H and O–H groups in total. The number of aldehydes is 1. The van der Waals surface area contributed by atoms with Gasteiger partial charge in [0.15, 0.2) is 5.69 Å². The molecule has 5 heteroatoms.